The van der Waals surface area contributed by atoms with Crippen LogP contribution in [0.5, 0.6) is 0 Å². The molecule has 6 heteroatoms. The number of nitrogens with zero attached hydrogens (tertiary/aromatic N) is 3. The zero-order valence-electron chi connectivity index (χ0n) is 12.6. The fourth-order valence-corrected chi connectivity index (χ4v) is 2.11. The molecule has 0 unspecified atom stereocenters. The second kappa shape index (κ2) is 6.10. The molecule has 1 aromatic rings. The van der Waals surface area contributed by atoms with Gasteiger partial charge in [-0.2, -0.15) is 5.26 Å². The van der Waals surface area contributed by atoms with Crippen LogP contribution in [0.25, 0.3) is 0 Å². The van der Waals surface area contributed by atoms with Crippen LogP contribution < -0.4 is 5.32 Å². The summed E-state index contributed by atoms with van der Waals surface area (Å²) in [5, 5.41) is 11.6. The van der Waals surface area contributed by atoms with Crippen molar-refractivity contribution in [2.75, 3.05) is 13.1 Å². The molecule has 1 N–H and O–H groups in total. The van der Waals surface area contributed by atoms with Crippen LogP contribution in [0, 0.1) is 11.3 Å². The van der Waals surface area contributed by atoms with Crippen molar-refractivity contribution in [3.05, 3.63) is 29.6 Å². The minimum Gasteiger partial charge on any atom is -0.444 e. The predicted octanol–water partition coefficient (Wildman–Crippen LogP) is 1.66. The SMILES string of the molecule is CC(C)(C)NC(=O)OC1CN(Cc2ccnc(C#N)c2)C1. The molecule has 1 amide bonds. The highest BCUT2D eigenvalue weighted by Gasteiger charge is 2.30. The zero-order chi connectivity index (χ0) is 15.5. The van der Waals surface area contributed by atoms with Gasteiger partial charge in [-0.15, -0.1) is 0 Å². The third-order valence-electron chi connectivity index (χ3n) is 3.02. The Labute approximate surface area is 124 Å². The van der Waals surface area contributed by atoms with E-state index in [2.05, 4.69) is 15.2 Å². The van der Waals surface area contributed by atoms with E-state index in [0.717, 1.165) is 12.1 Å². The van der Waals surface area contributed by atoms with Crippen molar-refractivity contribution in [3.8, 4) is 6.07 Å². The Bertz CT molecular complexity index is 554. The van der Waals surface area contributed by atoms with Gasteiger partial charge in [-0.1, -0.05) is 0 Å². The summed E-state index contributed by atoms with van der Waals surface area (Å²) < 4.78 is 5.32. The van der Waals surface area contributed by atoms with Crippen LogP contribution in [-0.4, -0.2) is 40.7 Å². The van der Waals surface area contributed by atoms with Gasteiger partial charge in [0, 0.05) is 31.4 Å². The van der Waals surface area contributed by atoms with Crippen LogP contribution in [0.2, 0.25) is 0 Å². The Morgan fingerprint density at radius 2 is 2.29 bits per heavy atom. The van der Waals surface area contributed by atoms with Crippen molar-refractivity contribution in [1.82, 2.24) is 15.2 Å². The molecule has 21 heavy (non-hydrogen) atoms. The summed E-state index contributed by atoms with van der Waals surface area (Å²) in [5.41, 5.74) is 1.18. The second-order valence-electron chi connectivity index (χ2n) is 6.26. The lowest BCUT2D eigenvalue weighted by atomic mass is 10.1. The quantitative estimate of drug-likeness (QED) is 0.915. The third-order valence-corrected chi connectivity index (χ3v) is 3.02. The molecule has 2 rings (SSSR count). The maximum Gasteiger partial charge on any atom is 0.407 e. The molecule has 0 spiro atoms. The van der Waals surface area contributed by atoms with Gasteiger partial charge in [0.1, 0.15) is 17.9 Å². The lowest BCUT2D eigenvalue weighted by molar-refractivity contribution is -0.0190. The van der Waals surface area contributed by atoms with E-state index in [-0.39, 0.29) is 17.7 Å². The minimum absolute atomic E-state index is 0.0652. The number of carbonyl (C=O) groups is 1. The fraction of sp³-hybridized carbons (Fsp3) is 0.533. The van der Waals surface area contributed by atoms with Crippen LogP contribution in [0.3, 0.4) is 0 Å². The Morgan fingerprint density at radius 3 is 2.90 bits per heavy atom. The van der Waals surface area contributed by atoms with E-state index in [1.807, 2.05) is 32.9 Å². The summed E-state index contributed by atoms with van der Waals surface area (Å²) in [7, 11) is 0. The van der Waals surface area contributed by atoms with E-state index in [9.17, 15) is 4.79 Å². The Hall–Kier alpha value is -2.13. The molecule has 0 saturated carbocycles. The smallest absolute Gasteiger partial charge is 0.407 e. The van der Waals surface area contributed by atoms with E-state index >= 15 is 0 Å². The molecule has 0 aromatic carbocycles. The number of carbonyl (C=O) groups excluding carboxylic acids is 1. The van der Waals surface area contributed by atoms with Crippen molar-refractivity contribution in [2.24, 2.45) is 0 Å². The van der Waals surface area contributed by atoms with Crippen LogP contribution in [0.4, 0.5) is 4.79 Å². The fourth-order valence-electron chi connectivity index (χ4n) is 2.11. The summed E-state index contributed by atoms with van der Waals surface area (Å²) in [6.45, 7) is 7.90. The normalized spacial score (nSPS) is 15.9. The van der Waals surface area contributed by atoms with E-state index in [4.69, 9.17) is 10.00 Å². The van der Waals surface area contributed by atoms with Gasteiger partial charge in [0.05, 0.1) is 0 Å². The van der Waals surface area contributed by atoms with Crippen LogP contribution in [0.1, 0.15) is 32.0 Å². The number of hydrogen-bond acceptors (Lipinski definition) is 5. The molecule has 6 nitrogen and oxygen atoms in total. The van der Waals surface area contributed by atoms with E-state index in [1.54, 1.807) is 12.3 Å². The Balaban J connectivity index is 1.74. The van der Waals surface area contributed by atoms with Gasteiger partial charge in [0.25, 0.3) is 0 Å². The number of alkyl carbamates (subject to hydrolysis) is 1. The molecule has 0 radical (unpaired) electrons. The predicted molar refractivity (Wildman–Crippen MR) is 77.4 cm³/mol. The molecule has 0 aliphatic carbocycles. The lowest BCUT2D eigenvalue weighted by Crippen LogP contribution is -2.54. The Kier molecular flexibility index (Phi) is 4.43. The molecule has 1 saturated heterocycles. The lowest BCUT2D eigenvalue weighted by Gasteiger charge is -2.38. The van der Waals surface area contributed by atoms with Crippen molar-refractivity contribution in [3.63, 3.8) is 0 Å². The number of nitriles is 1. The summed E-state index contributed by atoms with van der Waals surface area (Å²) in [5.74, 6) is 0. The number of nitrogens with one attached hydrogen (secondary N) is 1. The number of amides is 1. The monoisotopic (exact) mass is 288 g/mol. The molecule has 1 aliphatic rings. The van der Waals surface area contributed by atoms with Crippen molar-refractivity contribution in [2.45, 2.75) is 39.0 Å². The number of likely N-dealkylation sites (tertiary alicyclic amines) is 1. The van der Waals surface area contributed by atoms with Gasteiger partial charge in [-0.3, -0.25) is 4.90 Å². The highest BCUT2D eigenvalue weighted by atomic mass is 16.6. The largest absolute Gasteiger partial charge is 0.444 e. The zero-order valence-corrected chi connectivity index (χ0v) is 12.6. The van der Waals surface area contributed by atoms with Gasteiger partial charge in [0.15, 0.2) is 0 Å². The van der Waals surface area contributed by atoms with Gasteiger partial charge < -0.3 is 10.1 Å². The number of rotatable bonds is 3. The molecule has 1 aliphatic heterocycles. The summed E-state index contributed by atoms with van der Waals surface area (Å²) in [6, 6.07) is 5.69. The highest BCUT2D eigenvalue weighted by molar-refractivity contribution is 5.68. The number of ether oxygens (including phenoxy) is 1. The summed E-state index contributed by atoms with van der Waals surface area (Å²) >= 11 is 0. The van der Waals surface area contributed by atoms with Crippen molar-refractivity contribution < 1.29 is 9.53 Å². The van der Waals surface area contributed by atoms with Crippen LogP contribution in [-0.2, 0) is 11.3 Å². The van der Waals surface area contributed by atoms with Gasteiger partial charge >= 0.3 is 6.09 Å². The van der Waals surface area contributed by atoms with Gasteiger partial charge in [-0.05, 0) is 38.5 Å². The molecule has 2 heterocycles. The maximum atomic E-state index is 11.6. The molecule has 1 fully saturated rings. The van der Waals surface area contributed by atoms with Gasteiger partial charge in [0.2, 0.25) is 0 Å². The topological polar surface area (TPSA) is 78.2 Å². The van der Waals surface area contributed by atoms with E-state index in [1.165, 1.54) is 0 Å². The highest BCUT2D eigenvalue weighted by Crippen LogP contribution is 2.16. The molecular weight excluding hydrogens is 268 g/mol. The van der Waals surface area contributed by atoms with Crippen molar-refractivity contribution in [1.29, 1.82) is 5.26 Å². The second-order valence-corrected chi connectivity index (χ2v) is 6.26. The standard InChI is InChI=1S/C15H20N4O2/c1-15(2,3)18-14(20)21-13-9-19(10-13)8-11-4-5-17-12(6-11)7-16/h4-6,13H,8-10H2,1-3H3,(H,18,20). The minimum atomic E-state index is -0.372. The molecular formula is C15H20N4O2. The maximum absolute atomic E-state index is 11.6. The number of hydrogen-bond donors (Lipinski definition) is 1. The molecule has 0 bridgehead atoms. The van der Waals surface area contributed by atoms with E-state index in [0.29, 0.717) is 18.8 Å². The summed E-state index contributed by atoms with van der Waals surface area (Å²) in [6.07, 6.45) is 1.20. The van der Waals surface area contributed by atoms with E-state index < -0.39 is 0 Å². The summed E-state index contributed by atoms with van der Waals surface area (Å²) in [4.78, 5) is 17.7. The Morgan fingerprint density at radius 1 is 1.57 bits per heavy atom. The average molecular weight is 288 g/mol. The molecule has 112 valence electrons. The van der Waals surface area contributed by atoms with Gasteiger partial charge in [-0.25, -0.2) is 9.78 Å². The van der Waals surface area contributed by atoms with Crippen LogP contribution in [0.15, 0.2) is 18.3 Å². The first-order valence-electron chi connectivity index (χ1n) is 6.92. The first-order chi connectivity index (χ1) is 9.85. The molecule has 1 aromatic heterocycles. The van der Waals surface area contributed by atoms with Crippen LogP contribution >= 0.6 is 0 Å². The third kappa shape index (κ3) is 4.72. The number of pyridine rings is 1. The average Bonchev–Trinajstić information content (AvgIpc) is 2.34. The molecule has 0 atom stereocenters. The first-order valence-corrected chi connectivity index (χ1v) is 6.92. The number of aromatic nitrogens is 1. The van der Waals surface area contributed by atoms with Crippen molar-refractivity contribution >= 4 is 6.09 Å². The first kappa shape index (κ1) is 15.3.